The van der Waals surface area contributed by atoms with E-state index in [0.29, 0.717) is 40.7 Å². The first-order valence-electron chi connectivity index (χ1n) is 19.5. The lowest BCUT2D eigenvalue weighted by atomic mass is 10.1. The molecule has 0 aliphatic heterocycles. The quantitative estimate of drug-likeness (QED) is 0.0572. The maximum absolute atomic E-state index is 13.0. The summed E-state index contributed by atoms with van der Waals surface area (Å²) in [6.45, 7) is 3.92. The van der Waals surface area contributed by atoms with E-state index in [-0.39, 0.29) is 33.9 Å². The second kappa shape index (κ2) is 23.1. The fraction of sp³-hybridized carbons (Fsp3) is 0.178. The van der Waals surface area contributed by atoms with E-state index in [0.717, 1.165) is 47.6 Å². The highest BCUT2D eigenvalue weighted by molar-refractivity contribution is 6.31. The van der Waals surface area contributed by atoms with E-state index in [9.17, 15) is 40.7 Å². The van der Waals surface area contributed by atoms with Crippen LogP contribution >= 0.6 is 23.2 Å². The van der Waals surface area contributed by atoms with E-state index in [1.54, 1.807) is 55.7 Å². The Morgan fingerprint density at radius 1 is 0.576 bits per heavy atom. The van der Waals surface area contributed by atoms with Crippen LogP contribution in [0.1, 0.15) is 57.1 Å². The summed E-state index contributed by atoms with van der Waals surface area (Å²) in [5, 5.41) is 9.16. The minimum absolute atomic E-state index is 0.0479. The Kier molecular flexibility index (Phi) is 18.0. The molecule has 0 bridgehead atoms. The van der Waals surface area contributed by atoms with Gasteiger partial charge in [0.1, 0.15) is 34.4 Å². The van der Waals surface area contributed by atoms with Crippen molar-refractivity contribution in [3.05, 3.63) is 153 Å². The maximum Gasteiger partial charge on any atom is 0.417 e. The molecule has 348 valence electrons. The van der Waals surface area contributed by atoms with Gasteiger partial charge in [0.15, 0.2) is 0 Å². The first-order valence-corrected chi connectivity index (χ1v) is 20.2. The number of alkyl halides is 6. The minimum atomic E-state index is -4.65. The number of aromatic nitrogens is 2. The number of hydrogen-bond donors (Lipinski definition) is 6. The highest BCUT2D eigenvalue weighted by Crippen LogP contribution is 2.37. The lowest BCUT2D eigenvalue weighted by Gasteiger charge is -2.14. The highest BCUT2D eigenvalue weighted by atomic mass is 35.5. The average molecular weight is 960 g/mol. The minimum Gasteiger partial charge on any atom is -0.457 e. The van der Waals surface area contributed by atoms with E-state index in [2.05, 4.69) is 31.2 Å². The number of urea groups is 1. The fourth-order valence-electron chi connectivity index (χ4n) is 5.59. The van der Waals surface area contributed by atoms with Gasteiger partial charge in [0.2, 0.25) is 0 Å². The van der Waals surface area contributed by atoms with E-state index < -0.39 is 34.5 Å². The summed E-state index contributed by atoms with van der Waals surface area (Å²) in [5.41, 5.74) is 12.4. The third-order valence-electron chi connectivity index (χ3n) is 8.83. The smallest absolute Gasteiger partial charge is 0.417 e. The molecular formula is C45H42Cl2F6N8O5. The summed E-state index contributed by atoms with van der Waals surface area (Å²) in [6, 6.07) is 22.4. The molecule has 6 rings (SSSR count). The molecule has 0 atom stereocenters. The summed E-state index contributed by atoms with van der Waals surface area (Å²) >= 11 is 10.9. The summed E-state index contributed by atoms with van der Waals surface area (Å²) in [6.07, 6.45) is -4.71. The van der Waals surface area contributed by atoms with Gasteiger partial charge in [-0.15, -0.1) is 0 Å². The average Bonchev–Trinajstić information content (AvgIpc) is 3.28. The highest BCUT2D eigenvalue weighted by Gasteiger charge is 2.34. The van der Waals surface area contributed by atoms with Gasteiger partial charge >= 0.3 is 18.4 Å². The van der Waals surface area contributed by atoms with Crippen molar-refractivity contribution in [1.29, 1.82) is 0 Å². The molecule has 0 saturated carbocycles. The number of carbonyl (C=O) groups excluding carboxylic acids is 3. The summed E-state index contributed by atoms with van der Waals surface area (Å²) < 4.78 is 87.0. The molecule has 66 heavy (non-hydrogen) atoms. The van der Waals surface area contributed by atoms with Crippen LogP contribution in [0.15, 0.2) is 109 Å². The predicted molar refractivity (Wildman–Crippen MR) is 241 cm³/mol. The largest absolute Gasteiger partial charge is 0.457 e. The van der Waals surface area contributed by atoms with Gasteiger partial charge in [0.25, 0.3) is 11.8 Å². The van der Waals surface area contributed by atoms with Gasteiger partial charge in [-0.1, -0.05) is 37.0 Å². The topological polar surface area (TPSA) is 196 Å². The van der Waals surface area contributed by atoms with Crippen LogP contribution in [0.4, 0.5) is 53.9 Å². The number of nitrogens with one attached hydrogen (secondary N) is 4. The lowest BCUT2D eigenvalue weighted by Crippen LogP contribution is -2.20. The second-order valence-corrected chi connectivity index (χ2v) is 14.3. The Morgan fingerprint density at radius 2 is 0.985 bits per heavy atom. The van der Waals surface area contributed by atoms with Crippen molar-refractivity contribution in [3.8, 4) is 23.0 Å². The standard InChI is InChI=1S/C23H20ClF3N4O3.C15H17N3O2.C7H5ClF3N/c1-3-13-10-14(5-7-20(13)34-16-8-9-29-19(12-16)21(32)28-2)30-22(33)31-15-4-6-18(24)17(11-15)23(25,26)27;1-3-10-8-11(16)4-5-14(10)20-12-6-7-18-13(9-12)15(19)17-2;8-6-2-1-4(12)3-5(6)7(9,10)11/h4-12H,3H2,1-2H3,(H,28,32)(H2,30,31,33);4-9H,3,16H2,1-2H3,(H,17,19);1-3H,12H2. The number of hydrogen-bond acceptors (Lipinski definition) is 9. The van der Waals surface area contributed by atoms with Crippen molar-refractivity contribution in [1.82, 2.24) is 20.6 Å². The number of nitrogens with zero attached hydrogens (tertiary/aromatic N) is 2. The molecule has 0 saturated heterocycles. The maximum atomic E-state index is 13.0. The Morgan fingerprint density at radius 3 is 1.45 bits per heavy atom. The number of amides is 4. The van der Waals surface area contributed by atoms with Gasteiger partial charge in [-0.3, -0.25) is 19.6 Å². The number of halogens is 8. The molecular weight excluding hydrogens is 917 g/mol. The molecule has 0 fully saturated rings. The fourth-order valence-corrected chi connectivity index (χ4v) is 6.04. The third kappa shape index (κ3) is 14.9. The molecule has 8 N–H and O–H groups in total. The third-order valence-corrected chi connectivity index (χ3v) is 9.49. The SMILES string of the molecule is CCc1cc(N)ccc1Oc1ccnc(C(=O)NC)c1.CCc1cc(NC(=O)Nc2ccc(Cl)c(C(F)(F)F)c2)ccc1Oc1ccnc(C(=O)NC)c1.Nc1ccc(Cl)c(C(F)(F)F)c1. The van der Waals surface area contributed by atoms with Crippen molar-refractivity contribution in [2.75, 3.05) is 36.2 Å². The van der Waals surface area contributed by atoms with E-state index >= 15 is 0 Å². The number of nitrogen functional groups attached to an aromatic ring is 2. The first-order chi connectivity index (χ1) is 31.1. The van der Waals surface area contributed by atoms with Gasteiger partial charge in [0, 0.05) is 61.4 Å². The van der Waals surface area contributed by atoms with E-state index in [1.807, 2.05) is 26.0 Å². The van der Waals surface area contributed by atoms with Crippen LogP contribution in [-0.4, -0.2) is 41.9 Å². The van der Waals surface area contributed by atoms with Crippen LogP contribution in [0, 0.1) is 0 Å². The summed E-state index contributed by atoms with van der Waals surface area (Å²) in [4.78, 5) is 43.6. The van der Waals surface area contributed by atoms with E-state index in [1.165, 1.54) is 31.4 Å². The van der Waals surface area contributed by atoms with Crippen LogP contribution in [0.3, 0.4) is 0 Å². The van der Waals surface area contributed by atoms with E-state index in [4.69, 9.17) is 44.1 Å². The zero-order valence-electron chi connectivity index (χ0n) is 35.4. The summed E-state index contributed by atoms with van der Waals surface area (Å²) in [5.74, 6) is 1.62. The Labute approximate surface area is 384 Å². The zero-order chi connectivity index (χ0) is 48.8. The van der Waals surface area contributed by atoms with Crippen LogP contribution in [0.5, 0.6) is 23.0 Å². The number of ether oxygens (including phenoxy) is 2. The molecule has 0 aliphatic carbocycles. The Hall–Kier alpha value is -7.25. The van der Waals surface area contributed by atoms with Crippen LogP contribution < -0.4 is 42.2 Å². The number of pyridine rings is 2. The molecule has 2 aromatic heterocycles. The number of benzene rings is 4. The van der Waals surface area contributed by atoms with Gasteiger partial charge in [-0.05, 0) is 109 Å². The van der Waals surface area contributed by atoms with Crippen molar-refractivity contribution in [2.24, 2.45) is 0 Å². The molecule has 0 aliphatic rings. The molecule has 0 spiro atoms. The molecule has 21 heteroatoms. The molecule has 4 amide bonds. The normalized spacial score (nSPS) is 10.8. The van der Waals surface area contributed by atoms with Crippen molar-refractivity contribution in [2.45, 2.75) is 39.0 Å². The molecule has 2 heterocycles. The van der Waals surface area contributed by atoms with Gasteiger partial charge in [-0.25, -0.2) is 4.79 Å². The van der Waals surface area contributed by atoms with Gasteiger partial charge in [-0.2, -0.15) is 26.3 Å². The number of aryl methyl sites for hydroxylation is 2. The number of carbonyl (C=O) groups is 3. The zero-order valence-corrected chi connectivity index (χ0v) is 36.9. The predicted octanol–water partition coefficient (Wildman–Crippen LogP) is 11.4. The summed E-state index contributed by atoms with van der Waals surface area (Å²) in [7, 11) is 3.06. The Bertz CT molecular complexity index is 2670. The van der Waals surface area contributed by atoms with Gasteiger partial charge < -0.3 is 42.2 Å². The van der Waals surface area contributed by atoms with Crippen LogP contribution in [0.25, 0.3) is 0 Å². The molecule has 6 aromatic rings. The van der Waals surface area contributed by atoms with Crippen LogP contribution in [-0.2, 0) is 25.2 Å². The Balaban J connectivity index is 0.000000249. The second-order valence-electron chi connectivity index (χ2n) is 13.5. The van der Waals surface area contributed by atoms with Crippen LogP contribution in [0.2, 0.25) is 10.0 Å². The van der Waals surface area contributed by atoms with Crippen molar-refractivity contribution in [3.63, 3.8) is 0 Å². The molecule has 13 nitrogen and oxygen atoms in total. The van der Waals surface area contributed by atoms with Crippen molar-refractivity contribution >= 4 is 63.8 Å². The molecule has 4 aromatic carbocycles. The van der Waals surface area contributed by atoms with Gasteiger partial charge in [0.05, 0.1) is 21.2 Å². The first kappa shape index (κ1) is 51.4. The molecule has 0 unspecified atom stereocenters. The lowest BCUT2D eigenvalue weighted by molar-refractivity contribution is -0.138. The monoisotopic (exact) mass is 958 g/mol. The number of nitrogens with two attached hydrogens (primary N) is 2. The molecule has 0 radical (unpaired) electrons. The van der Waals surface area contributed by atoms with Crippen molar-refractivity contribution < 1.29 is 50.2 Å². The number of anilines is 4. The number of rotatable bonds is 10.